The van der Waals surface area contributed by atoms with Crippen LogP contribution in [-0.2, 0) is 9.59 Å². The third kappa shape index (κ3) is 3.88. The van der Waals surface area contributed by atoms with E-state index in [1.165, 1.54) is 14.2 Å². The van der Waals surface area contributed by atoms with Crippen molar-refractivity contribution >= 4 is 17.5 Å². The highest BCUT2D eigenvalue weighted by Crippen LogP contribution is 2.31. The molecule has 0 unspecified atom stereocenters. The van der Waals surface area contributed by atoms with Crippen LogP contribution in [0.2, 0.25) is 0 Å². The third-order valence-corrected chi connectivity index (χ3v) is 4.08. The van der Waals surface area contributed by atoms with E-state index in [4.69, 9.17) is 14.2 Å². The van der Waals surface area contributed by atoms with Crippen molar-refractivity contribution in [3.05, 3.63) is 48.0 Å². The lowest BCUT2D eigenvalue weighted by Gasteiger charge is -2.26. The van der Waals surface area contributed by atoms with Crippen LogP contribution in [0.3, 0.4) is 0 Å². The number of rotatable bonds is 4. The van der Waals surface area contributed by atoms with Crippen molar-refractivity contribution < 1.29 is 23.8 Å². The molecule has 136 valence electrons. The molecule has 7 heteroatoms. The molecule has 7 nitrogen and oxygen atoms in total. The van der Waals surface area contributed by atoms with E-state index in [0.29, 0.717) is 30.2 Å². The van der Waals surface area contributed by atoms with Crippen LogP contribution >= 0.6 is 0 Å². The minimum Gasteiger partial charge on any atom is -0.497 e. The maximum atomic E-state index is 12.3. The molecule has 0 saturated carbocycles. The van der Waals surface area contributed by atoms with Gasteiger partial charge in [0.05, 0.1) is 26.9 Å². The topological polar surface area (TPSA) is 85.9 Å². The second-order valence-electron chi connectivity index (χ2n) is 5.76. The molecule has 2 aromatic rings. The number of ether oxygens (including phenoxy) is 3. The number of carbonyl (C=O) groups is 2. The number of carbonyl (C=O) groups excluding carboxylic acids is 2. The quantitative estimate of drug-likeness (QED) is 0.821. The van der Waals surface area contributed by atoms with Gasteiger partial charge in [-0.15, -0.1) is 0 Å². The number of hydrogen-bond acceptors (Lipinski definition) is 5. The summed E-state index contributed by atoms with van der Waals surface area (Å²) in [6.45, 7) is 0.483. The Morgan fingerprint density at radius 1 is 1.04 bits per heavy atom. The summed E-state index contributed by atoms with van der Waals surface area (Å²) in [4.78, 5) is 24.6. The van der Waals surface area contributed by atoms with Crippen molar-refractivity contribution in [2.75, 3.05) is 26.1 Å². The molecule has 1 aliphatic heterocycles. The summed E-state index contributed by atoms with van der Waals surface area (Å²) in [6, 6.07) is 12.1. The Hall–Kier alpha value is -3.22. The molecule has 26 heavy (non-hydrogen) atoms. The largest absolute Gasteiger partial charge is 0.497 e. The van der Waals surface area contributed by atoms with Gasteiger partial charge in [-0.25, -0.2) is 0 Å². The van der Waals surface area contributed by atoms with Crippen LogP contribution in [0.1, 0.15) is 18.0 Å². The first kappa shape index (κ1) is 17.6. The third-order valence-electron chi connectivity index (χ3n) is 4.08. The van der Waals surface area contributed by atoms with Gasteiger partial charge < -0.3 is 24.8 Å². The molecule has 1 atom stereocenters. The average molecular weight is 356 g/mol. The lowest BCUT2D eigenvalue weighted by Crippen LogP contribution is -2.39. The molecule has 1 heterocycles. The van der Waals surface area contributed by atoms with Crippen LogP contribution in [0.4, 0.5) is 5.69 Å². The van der Waals surface area contributed by atoms with E-state index in [1.807, 2.05) is 24.3 Å². The maximum absolute atomic E-state index is 12.3. The number of amides is 2. The fourth-order valence-corrected chi connectivity index (χ4v) is 2.78. The van der Waals surface area contributed by atoms with E-state index in [1.54, 1.807) is 18.2 Å². The molecule has 2 N–H and O–H groups in total. The first-order valence-electron chi connectivity index (χ1n) is 8.17. The van der Waals surface area contributed by atoms with Gasteiger partial charge in [-0.2, -0.15) is 0 Å². The van der Waals surface area contributed by atoms with Crippen molar-refractivity contribution in [2.24, 2.45) is 0 Å². The van der Waals surface area contributed by atoms with Gasteiger partial charge in [0.2, 0.25) is 0 Å². The number of fused-ring (bicyclic) bond motifs is 1. The van der Waals surface area contributed by atoms with Crippen LogP contribution in [0.5, 0.6) is 17.2 Å². The van der Waals surface area contributed by atoms with Crippen molar-refractivity contribution in [1.29, 1.82) is 0 Å². The normalized spacial score (nSPS) is 15.2. The molecule has 0 aromatic heterocycles. The van der Waals surface area contributed by atoms with E-state index >= 15 is 0 Å². The SMILES string of the molecule is COc1cc(NC(=O)C(=O)N[C@@H]2CCOc3ccccc32)cc(OC)c1. The zero-order valence-electron chi connectivity index (χ0n) is 14.6. The van der Waals surface area contributed by atoms with Gasteiger partial charge in [0.25, 0.3) is 0 Å². The van der Waals surface area contributed by atoms with Gasteiger partial charge in [0.15, 0.2) is 0 Å². The maximum Gasteiger partial charge on any atom is 0.313 e. The van der Waals surface area contributed by atoms with Crippen LogP contribution in [-0.4, -0.2) is 32.6 Å². The Morgan fingerprint density at radius 3 is 2.42 bits per heavy atom. The molecule has 0 saturated heterocycles. The highest BCUT2D eigenvalue weighted by molar-refractivity contribution is 6.39. The summed E-state index contributed by atoms with van der Waals surface area (Å²) in [5.74, 6) is 0.275. The number of benzene rings is 2. The van der Waals surface area contributed by atoms with E-state index in [0.717, 1.165) is 11.3 Å². The zero-order chi connectivity index (χ0) is 18.5. The Morgan fingerprint density at radius 2 is 1.73 bits per heavy atom. The molecule has 0 fully saturated rings. The van der Waals surface area contributed by atoms with Gasteiger partial charge in [-0.1, -0.05) is 18.2 Å². The summed E-state index contributed by atoms with van der Waals surface area (Å²) >= 11 is 0. The predicted octanol–water partition coefficient (Wildman–Crippen LogP) is 2.28. The summed E-state index contributed by atoms with van der Waals surface area (Å²) in [5, 5.41) is 5.32. The Bertz CT molecular complexity index is 799. The molecule has 1 aliphatic rings. The first-order valence-corrected chi connectivity index (χ1v) is 8.17. The smallest absolute Gasteiger partial charge is 0.313 e. The minimum atomic E-state index is -0.760. The predicted molar refractivity (Wildman–Crippen MR) is 95.6 cm³/mol. The van der Waals surface area contributed by atoms with Crippen molar-refractivity contribution in [1.82, 2.24) is 5.32 Å². The molecule has 0 bridgehead atoms. The molecule has 0 spiro atoms. The summed E-state index contributed by atoms with van der Waals surface area (Å²) in [6.07, 6.45) is 0.600. The molecule has 0 radical (unpaired) electrons. The molecular weight excluding hydrogens is 336 g/mol. The standard InChI is InChI=1S/C19H20N2O5/c1-24-13-9-12(10-14(11-13)25-2)20-18(22)19(23)21-16-7-8-26-17-6-4-3-5-15(16)17/h3-6,9-11,16H,7-8H2,1-2H3,(H,20,22)(H,21,23)/t16-/m1/s1. The lowest BCUT2D eigenvalue weighted by molar-refractivity contribution is -0.136. The average Bonchev–Trinajstić information content (AvgIpc) is 2.67. The molecule has 2 amide bonds. The Kier molecular flexibility index (Phi) is 5.26. The zero-order valence-corrected chi connectivity index (χ0v) is 14.6. The van der Waals surface area contributed by atoms with Gasteiger partial charge >= 0.3 is 11.8 Å². The highest BCUT2D eigenvalue weighted by Gasteiger charge is 2.25. The number of para-hydroxylation sites is 1. The lowest BCUT2D eigenvalue weighted by atomic mass is 10.0. The molecule has 3 rings (SSSR count). The fourth-order valence-electron chi connectivity index (χ4n) is 2.78. The van der Waals surface area contributed by atoms with Crippen LogP contribution < -0.4 is 24.8 Å². The number of anilines is 1. The highest BCUT2D eigenvalue weighted by atomic mass is 16.5. The molecule has 2 aromatic carbocycles. The van der Waals surface area contributed by atoms with Crippen LogP contribution in [0.25, 0.3) is 0 Å². The van der Waals surface area contributed by atoms with Crippen LogP contribution in [0.15, 0.2) is 42.5 Å². The summed E-state index contributed by atoms with van der Waals surface area (Å²) in [7, 11) is 3.02. The summed E-state index contributed by atoms with van der Waals surface area (Å²) < 4.78 is 15.9. The van der Waals surface area contributed by atoms with Gasteiger partial charge in [-0.3, -0.25) is 9.59 Å². The Labute approximate surface area is 151 Å². The van der Waals surface area contributed by atoms with Gasteiger partial charge in [0.1, 0.15) is 17.2 Å². The second-order valence-corrected chi connectivity index (χ2v) is 5.76. The van der Waals surface area contributed by atoms with Crippen molar-refractivity contribution in [2.45, 2.75) is 12.5 Å². The van der Waals surface area contributed by atoms with Crippen molar-refractivity contribution in [3.63, 3.8) is 0 Å². The molecular formula is C19H20N2O5. The monoisotopic (exact) mass is 356 g/mol. The summed E-state index contributed by atoms with van der Waals surface area (Å²) in [5.41, 5.74) is 1.27. The minimum absolute atomic E-state index is 0.266. The second kappa shape index (κ2) is 7.77. The van der Waals surface area contributed by atoms with E-state index < -0.39 is 11.8 Å². The number of hydrogen-bond donors (Lipinski definition) is 2. The first-order chi connectivity index (χ1) is 12.6. The Balaban J connectivity index is 1.69. The number of nitrogens with one attached hydrogen (secondary N) is 2. The molecule has 0 aliphatic carbocycles. The van der Waals surface area contributed by atoms with E-state index in [9.17, 15) is 9.59 Å². The van der Waals surface area contributed by atoms with Crippen molar-refractivity contribution in [3.8, 4) is 17.2 Å². The van der Waals surface area contributed by atoms with E-state index in [-0.39, 0.29) is 6.04 Å². The number of methoxy groups -OCH3 is 2. The van der Waals surface area contributed by atoms with Gasteiger partial charge in [-0.05, 0) is 6.07 Å². The van der Waals surface area contributed by atoms with E-state index in [2.05, 4.69) is 10.6 Å². The van der Waals surface area contributed by atoms with Gasteiger partial charge in [0, 0.05) is 35.9 Å². The fraction of sp³-hybridized carbons (Fsp3) is 0.263. The van der Waals surface area contributed by atoms with Crippen LogP contribution in [0, 0.1) is 0 Å².